The number of hydrogen-bond donors (Lipinski definition) is 2. The monoisotopic (exact) mass is 477 g/mol. The molecule has 1 aliphatic rings. The lowest BCUT2D eigenvalue weighted by molar-refractivity contribution is -0.140. The molecule has 1 aromatic carbocycles. The summed E-state index contributed by atoms with van der Waals surface area (Å²) in [5.74, 6) is -2.70. The van der Waals surface area contributed by atoms with E-state index in [1.54, 1.807) is 0 Å². The van der Waals surface area contributed by atoms with E-state index in [9.17, 15) is 32.3 Å². The number of benzene rings is 1. The van der Waals surface area contributed by atoms with E-state index in [2.05, 4.69) is 10.3 Å². The van der Waals surface area contributed by atoms with Gasteiger partial charge in [-0.05, 0) is 37.0 Å². The summed E-state index contributed by atoms with van der Waals surface area (Å²) in [6.45, 7) is 0.103. The lowest BCUT2D eigenvalue weighted by Gasteiger charge is -2.28. The molecule has 2 N–H and O–H groups in total. The maximum absolute atomic E-state index is 13.7. The fourth-order valence-corrected chi connectivity index (χ4v) is 4.97. The highest BCUT2D eigenvalue weighted by Gasteiger charge is 2.36. The number of thiazole rings is 1. The largest absolute Gasteiger partial charge is 0.479 e. The predicted octanol–water partition coefficient (Wildman–Crippen LogP) is 5.21. The van der Waals surface area contributed by atoms with E-state index in [0.717, 1.165) is 48.4 Å². The Labute approximate surface area is 183 Å². The minimum atomic E-state index is -4.93. The summed E-state index contributed by atoms with van der Waals surface area (Å²) in [4.78, 5) is 29.5. The number of aliphatic carboxylic acids is 1. The summed E-state index contributed by atoms with van der Waals surface area (Å²) in [5.41, 5.74) is -0.125. The zero-order chi connectivity index (χ0) is 22.6. The van der Waals surface area contributed by atoms with Crippen LogP contribution in [0.3, 0.4) is 0 Å². The second kappa shape index (κ2) is 9.86. The number of carboxylic acid groups (broad SMARTS) is 1. The molecule has 2 aromatic rings. The van der Waals surface area contributed by atoms with Gasteiger partial charge in [0.25, 0.3) is 0 Å². The third-order valence-corrected chi connectivity index (χ3v) is 6.89. The maximum Gasteiger partial charge on any atom is 0.419 e. The van der Waals surface area contributed by atoms with Crippen molar-refractivity contribution in [2.24, 2.45) is 5.92 Å². The van der Waals surface area contributed by atoms with Crippen LogP contribution in [0, 0.1) is 11.7 Å². The fraction of sp³-hybridized carbons (Fsp3) is 0.421. The number of halogens is 4. The summed E-state index contributed by atoms with van der Waals surface area (Å²) < 4.78 is 53.8. The number of hydrogen-bond acceptors (Lipinski definition) is 5. The molecule has 1 atom stereocenters. The van der Waals surface area contributed by atoms with Crippen LogP contribution in [0.5, 0.6) is 0 Å². The molecular weight excluding hydrogens is 458 g/mol. The SMILES string of the molecule is O=C(O)C(NC(=O)N(CC1CCCC1)c1ccc(F)c(C(F)(F)F)c1)Sc1cncs1. The molecule has 0 spiro atoms. The van der Waals surface area contributed by atoms with Gasteiger partial charge in [0, 0.05) is 12.2 Å². The Bertz CT molecular complexity index is 919. The quantitative estimate of drug-likeness (QED) is 0.325. The molecule has 168 valence electrons. The smallest absolute Gasteiger partial charge is 0.419 e. The zero-order valence-electron chi connectivity index (χ0n) is 16.1. The van der Waals surface area contributed by atoms with E-state index < -0.39 is 34.9 Å². The van der Waals surface area contributed by atoms with Crippen molar-refractivity contribution in [3.8, 4) is 0 Å². The number of aromatic nitrogens is 1. The van der Waals surface area contributed by atoms with E-state index in [0.29, 0.717) is 16.3 Å². The molecule has 6 nitrogen and oxygen atoms in total. The molecule has 2 amide bonds. The van der Waals surface area contributed by atoms with Gasteiger partial charge in [-0.3, -0.25) is 9.88 Å². The Balaban J connectivity index is 1.87. The Morgan fingerprint density at radius 1 is 1.32 bits per heavy atom. The molecule has 0 aliphatic heterocycles. The van der Waals surface area contributed by atoms with Crippen molar-refractivity contribution in [2.45, 2.75) is 41.4 Å². The molecule has 1 saturated carbocycles. The highest BCUT2D eigenvalue weighted by Crippen LogP contribution is 2.35. The number of carbonyl (C=O) groups is 2. The van der Waals surface area contributed by atoms with Crippen molar-refractivity contribution in [1.29, 1.82) is 0 Å². The highest BCUT2D eigenvalue weighted by molar-refractivity contribution is 8.02. The van der Waals surface area contributed by atoms with E-state index in [4.69, 9.17) is 0 Å². The molecule has 12 heteroatoms. The fourth-order valence-electron chi connectivity index (χ4n) is 3.37. The Hall–Kier alpha value is -2.34. The van der Waals surface area contributed by atoms with Crippen molar-refractivity contribution < 1.29 is 32.3 Å². The number of rotatable bonds is 7. The van der Waals surface area contributed by atoms with Crippen LogP contribution in [0.25, 0.3) is 0 Å². The molecule has 1 heterocycles. The highest BCUT2D eigenvalue weighted by atomic mass is 32.2. The summed E-state index contributed by atoms with van der Waals surface area (Å²) >= 11 is 2.04. The first-order valence-electron chi connectivity index (χ1n) is 9.38. The van der Waals surface area contributed by atoms with Crippen LogP contribution in [0.2, 0.25) is 0 Å². The summed E-state index contributed by atoms with van der Waals surface area (Å²) in [5, 5.41) is 10.5. The van der Waals surface area contributed by atoms with Gasteiger partial charge in [-0.25, -0.2) is 14.0 Å². The van der Waals surface area contributed by atoms with Crippen LogP contribution in [0.15, 0.2) is 34.1 Å². The molecule has 1 aromatic heterocycles. The first-order valence-corrected chi connectivity index (χ1v) is 11.1. The van der Waals surface area contributed by atoms with Crippen molar-refractivity contribution in [3.63, 3.8) is 0 Å². The minimum Gasteiger partial charge on any atom is -0.479 e. The van der Waals surface area contributed by atoms with Gasteiger partial charge < -0.3 is 10.4 Å². The number of amides is 2. The normalized spacial score (nSPS) is 15.6. The number of alkyl halides is 3. The molecule has 3 rings (SSSR count). The van der Waals surface area contributed by atoms with Gasteiger partial charge in [0.05, 0.1) is 21.5 Å². The number of thioether (sulfide) groups is 1. The minimum absolute atomic E-state index is 0.0579. The molecule has 1 unspecified atom stereocenters. The molecular formula is C19H19F4N3O3S2. The molecule has 0 bridgehead atoms. The number of anilines is 1. The second-order valence-corrected chi connectivity index (χ2v) is 9.32. The Morgan fingerprint density at radius 3 is 2.61 bits per heavy atom. The van der Waals surface area contributed by atoms with Crippen molar-refractivity contribution in [2.75, 3.05) is 11.4 Å². The number of nitrogens with zero attached hydrogens (tertiary/aromatic N) is 2. The average molecular weight is 478 g/mol. The number of carbonyl (C=O) groups excluding carboxylic acids is 1. The molecule has 0 saturated heterocycles. The van der Waals surface area contributed by atoms with Gasteiger partial charge in [0.2, 0.25) is 0 Å². The maximum atomic E-state index is 13.7. The standard InChI is InChI=1S/C19H19F4N3O3S2/c20-14-6-5-12(7-13(14)19(21,22)23)26(9-11-3-1-2-4-11)18(29)25-16(17(27)28)31-15-8-24-10-30-15/h5-8,10-11,16H,1-4,9H2,(H,25,29)(H,27,28). The summed E-state index contributed by atoms with van der Waals surface area (Å²) in [7, 11) is 0. The number of urea groups is 1. The lowest BCUT2D eigenvalue weighted by atomic mass is 10.1. The molecule has 1 aliphatic carbocycles. The lowest BCUT2D eigenvalue weighted by Crippen LogP contribution is -2.48. The van der Waals surface area contributed by atoms with Crippen LogP contribution in [0.4, 0.5) is 28.0 Å². The predicted molar refractivity (Wildman–Crippen MR) is 109 cm³/mol. The van der Waals surface area contributed by atoms with Crippen LogP contribution >= 0.6 is 23.1 Å². The van der Waals surface area contributed by atoms with E-state index in [-0.39, 0.29) is 18.2 Å². The second-order valence-electron chi connectivity index (χ2n) is 7.03. The van der Waals surface area contributed by atoms with E-state index in [1.807, 2.05) is 0 Å². The molecule has 1 fully saturated rings. The first kappa shape index (κ1) is 23.3. The van der Waals surface area contributed by atoms with Crippen LogP contribution in [-0.2, 0) is 11.0 Å². The first-order chi connectivity index (χ1) is 14.6. The average Bonchev–Trinajstić information content (AvgIpc) is 3.39. The van der Waals surface area contributed by atoms with Gasteiger partial charge in [0.15, 0.2) is 5.37 Å². The van der Waals surface area contributed by atoms with E-state index >= 15 is 0 Å². The van der Waals surface area contributed by atoms with Crippen molar-refractivity contribution in [1.82, 2.24) is 10.3 Å². The van der Waals surface area contributed by atoms with Gasteiger partial charge in [-0.15, -0.1) is 11.3 Å². The van der Waals surface area contributed by atoms with Gasteiger partial charge in [0.1, 0.15) is 5.82 Å². The van der Waals surface area contributed by atoms with E-state index in [1.165, 1.54) is 23.0 Å². The van der Waals surface area contributed by atoms with Crippen molar-refractivity contribution >= 4 is 40.8 Å². The number of nitrogens with one attached hydrogen (secondary N) is 1. The molecule has 31 heavy (non-hydrogen) atoms. The third kappa shape index (κ3) is 6.10. The zero-order valence-corrected chi connectivity index (χ0v) is 17.7. The summed E-state index contributed by atoms with van der Waals surface area (Å²) in [6, 6.07) is 1.46. The third-order valence-electron chi connectivity index (χ3n) is 4.85. The van der Waals surface area contributed by atoms with Crippen LogP contribution < -0.4 is 10.2 Å². The van der Waals surface area contributed by atoms with Crippen molar-refractivity contribution in [3.05, 3.63) is 41.3 Å². The summed E-state index contributed by atoms with van der Waals surface area (Å²) in [6.07, 6.45) is 0.00132. The van der Waals surface area contributed by atoms with Crippen LogP contribution in [0.1, 0.15) is 31.2 Å². The Kier molecular flexibility index (Phi) is 7.42. The van der Waals surface area contributed by atoms with Gasteiger partial charge in [-0.2, -0.15) is 13.2 Å². The number of carboxylic acids is 1. The molecule has 0 radical (unpaired) electrons. The van der Waals surface area contributed by atoms with Crippen LogP contribution in [-0.4, -0.2) is 34.0 Å². The Morgan fingerprint density at radius 2 is 2.03 bits per heavy atom. The van der Waals surface area contributed by atoms with Gasteiger partial charge in [-0.1, -0.05) is 24.6 Å². The topological polar surface area (TPSA) is 82.5 Å². The van der Waals surface area contributed by atoms with Gasteiger partial charge >= 0.3 is 18.2 Å².